The highest BCUT2D eigenvalue weighted by molar-refractivity contribution is 5.74. The lowest BCUT2D eigenvalue weighted by atomic mass is 10.2. The van der Waals surface area contributed by atoms with Crippen molar-refractivity contribution in [3.63, 3.8) is 0 Å². The summed E-state index contributed by atoms with van der Waals surface area (Å²) in [5.41, 5.74) is 0. The lowest BCUT2D eigenvalue weighted by Crippen LogP contribution is -2.41. The number of urea groups is 1. The van der Waals surface area contributed by atoms with E-state index < -0.39 is 12.1 Å². The molecule has 7 heteroatoms. The summed E-state index contributed by atoms with van der Waals surface area (Å²) in [4.78, 5) is 23.8. The Morgan fingerprint density at radius 1 is 1.33 bits per heavy atom. The fourth-order valence-corrected chi connectivity index (χ4v) is 1.55. The molecular formula is C11H21N3O4. The summed E-state index contributed by atoms with van der Waals surface area (Å²) in [6.45, 7) is 1.49. The number of nitrogens with zero attached hydrogens (tertiary/aromatic N) is 1. The second-order valence-electron chi connectivity index (χ2n) is 4.54. The van der Waals surface area contributed by atoms with Gasteiger partial charge in [-0.1, -0.05) is 0 Å². The summed E-state index contributed by atoms with van der Waals surface area (Å²) in [6, 6.07) is 0.331. The number of amides is 2. The molecule has 1 rings (SSSR count). The van der Waals surface area contributed by atoms with Gasteiger partial charge < -0.3 is 25.7 Å². The molecule has 0 radical (unpaired) electrons. The van der Waals surface area contributed by atoms with Crippen LogP contribution in [-0.4, -0.2) is 65.9 Å². The van der Waals surface area contributed by atoms with Crippen LogP contribution in [0, 0.1) is 0 Å². The van der Waals surface area contributed by atoms with Gasteiger partial charge in [-0.2, -0.15) is 0 Å². The van der Waals surface area contributed by atoms with E-state index in [0.717, 1.165) is 6.54 Å². The molecule has 0 heterocycles. The van der Waals surface area contributed by atoms with Crippen LogP contribution in [0.15, 0.2) is 0 Å². The van der Waals surface area contributed by atoms with Crippen molar-refractivity contribution >= 4 is 12.0 Å². The summed E-state index contributed by atoms with van der Waals surface area (Å²) in [5.74, 6) is -1.27. The molecular weight excluding hydrogens is 238 g/mol. The van der Waals surface area contributed by atoms with Crippen molar-refractivity contribution in [2.24, 2.45) is 0 Å². The molecule has 0 bridgehead atoms. The molecule has 1 saturated carbocycles. The lowest BCUT2D eigenvalue weighted by Gasteiger charge is -2.16. The maximum Gasteiger partial charge on any atom is 0.332 e. The number of nitrogens with one attached hydrogen (secondary N) is 2. The molecule has 0 aromatic rings. The normalized spacial score (nSPS) is 16.4. The zero-order valence-corrected chi connectivity index (χ0v) is 10.6. The Labute approximate surface area is 106 Å². The second kappa shape index (κ2) is 7.17. The molecule has 1 aliphatic carbocycles. The molecule has 0 spiro atoms. The number of aliphatic carboxylic acids is 1. The van der Waals surface area contributed by atoms with Crippen LogP contribution in [0.25, 0.3) is 0 Å². The van der Waals surface area contributed by atoms with Gasteiger partial charge in [0.2, 0.25) is 0 Å². The Kier molecular flexibility index (Phi) is 5.87. The van der Waals surface area contributed by atoms with Crippen LogP contribution in [0.1, 0.15) is 19.3 Å². The van der Waals surface area contributed by atoms with Crippen LogP contribution in [-0.2, 0) is 4.79 Å². The van der Waals surface area contributed by atoms with Crippen LogP contribution in [0.2, 0.25) is 0 Å². The van der Waals surface area contributed by atoms with E-state index in [1.165, 1.54) is 12.8 Å². The predicted molar refractivity (Wildman–Crippen MR) is 65.3 cm³/mol. The van der Waals surface area contributed by atoms with Gasteiger partial charge >= 0.3 is 12.0 Å². The smallest absolute Gasteiger partial charge is 0.332 e. The molecule has 0 saturated heterocycles. The van der Waals surface area contributed by atoms with Gasteiger partial charge in [0.15, 0.2) is 6.10 Å². The SMILES string of the molecule is CN(CCNC(=O)NCC[C@H](O)C(=O)O)C1CC1. The summed E-state index contributed by atoms with van der Waals surface area (Å²) in [5, 5.41) is 22.6. The molecule has 4 N–H and O–H groups in total. The number of rotatable bonds is 8. The second-order valence-corrected chi connectivity index (χ2v) is 4.54. The highest BCUT2D eigenvalue weighted by Gasteiger charge is 2.25. The van der Waals surface area contributed by atoms with E-state index in [9.17, 15) is 9.59 Å². The molecule has 2 amide bonds. The first-order valence-corrected chi connectivity index (χ1v) is 6.13. The molecule has 104 valence electrons. The highest BCUT2D eigenvalue weighted by Crippen LogP contribution is 2.24. The fourth-order valence-electron chi connectivity index (χ4n) is 1.55. The van der Waals surface area contributed by atoms with Gasteiger partial charge in [-0.15, -0.1) is 0 Å². The van der Waals surface area contributed by atoms with E-state index >= 15 is 0 Å². The summed E-state index contributed by atoms with van der Waals surface area (Å²) in [7, 11) is 2.03. The predicted octanol–water partition coefficient (Wildman–Crippen LogP) is -0.785. The summed E-state index contributed by atoms with van der Waals surface area (Å²) >= 11 is 0. The Morgan fingerprint density at radius 3 is 2.50 bits per heavy atom. The van der Waals surface area contributed by atoms with Gasteiger partial charge in [-0.05, 0) is 19.9 Å². The van der Waals surface area contributed by atoms with Crippen molar-refractivity contribution in [2.45, 2.75) is 31.4 Å². The number of aliphatic hydroxyl groups is 1. The van der Waals surface area contributed by atoms with Crippen molar-refractivity contribution in [1.29, 1.82) is 0 Å². The van der Waals surface area contributed by atoms with Crippen LogP contribution >= 0.6 is 0 Å². The van der Waals surface area contributed by atoms with Gasteiger partial charge in [0, 0.05) is 32.1 Å². The van der Waals surface area contributed by atoms with Gasteiger partial charge in [-0.25, -0.2) is 9.59 Å². The first-order valence-electron chi connectivity index (χ1n) is 6.13. The fraction of sp³-hybridized carbons (Fsp3) is 0.818. The molecule has 1 atom stereocenters. The first kappa shape index (κ1) is 14.7. The number of carboxylic acid groups (broad SMARTS) is 1. The molecule has 0 aromatic heterocycles. The Bertz CT molecular complexity index is 294. The van der Waals surface area contributed by atoms with E-state index in [1.54, 1.807) is 0 Å². The van der Waals surface area contributed by atoms with E-state index in [0.29, 0.717) is 12.6 Å². The third kappa shape index (κ3) is 5.83. The molecule has 7 nitrogen and oxygen atoms in total. The minimum absolute atomic E-state index is 0.00469. The molecule has 0 unspecified atom stereocenters. The largest absolute Gasteiger partial charge is 0.479 e. The number of hydrogen-bond donors (Lipinski definition) is 4. The average Bonchev–Trinajstić information content (AvgIpc) is 3.12. The van der Waals surface area contributed by atoms with Gasteiger partial charge in [-0.3, -0.25) is 0 Å². The van der Waals surface area contributed by atoms with E-state index in [-0.39, 0.29) is 19.0 Å². The lowest BCUT2D eigenvalue weighted by molar-refractivity contribution is -0.146. The standard InChI is InChI=1S/C11H21N3O4/c1-14(8-2-3-8)7-6-13-11(18)12-5-4-9(15)10(16)17/h8-9,15H,2-7H2,1H3,(H,16,17)(H2,12,13,18)/t9-/m0/s1. The van der Waals surface area contributed by atoms with E-state index in [1.807, 2.05) is 7.05 Å². The minimum atomic E-state index is -1.42. The van der Waals surface area contributed by atoms with Gasteiger partial charge in [0.1, 0.15) is 0 Å². The van der Waals surface area contributed by atoms with Crippen LogP contribution in [0.4, 0.5) is 4.79 Å². The number of likely N-dealkylation sites (N-methyl/N-ethyl adjacent to an activating group) is 1. The van der Waals surface area contributed by atoms with Crippen molar-refractivity contribution in [1.82, 2.24) is 15.5 Å². The molecule has 1 fully saturated rings. The minimum Gasteiger partial charge on any atom is -0.479 e. The average molecular weight is 259 g/mol. The van der Waals surface area contributed by atoms with Gasteiger partial charge in [0.25, 0.3) is 0 Å². The highest BCUT2D eigenvalue weighted by atomic mass is 16.4. The Balaban J connectivity index is 1.98. The third-order valence-electron chi connectivity index (χ3n) is 2.91. The number of carboxylic acids is 1. The Hall–Kier alpha value is -1.34. The number of carbonyl (C=O) groups excluding carboxylic acids is 1. The molecule has 0 aromatic carbocycles. The third-order valence-corrected chi connectivity index (χ3v) is 2.91. The van der Waals surface area contributed by atoms with Crippen LogP contribution in [0.3, 0.4) is 0 Å². The van der Waals surface area contributed by atoms with Crippen LogP contribution in [0.5, 0.6) is 0 Å². The van der Waals surface area contributed by atoms with Crippen molar-refractivity contribution in [2.75, 3.05) is 26.7 Å². The molecule has 1 aliphatic rings. The van der Waals surface area contributed by atoms with E-state index in [2.05, 4.69) is 15.5 Å². The first-order chi connectivity index (χ1) is 8.50. The summed E-state index contributed by atoms with van der Waals surface area (Å²) < 4.78 is 0. The van der Waals surface area contributed by atoms with Gasteiger partial charge in [0.05, 0.1) is 0 Å². The number of aliphatic hydroxyl groups excluding tert-OH is 1. The zero-order chi connectivity index (χ0) is 13.5. The van der Waals surface area contributed by atoms with Crippen molar-refractivity contribution in [3.8, 4) is 0 Å². The number of carbonyl (C=O) groups is 2. The number of hydrogen-bond acceptors (Lipinski definition) is 4. The van der Waals surface area contributed by atoms with Crippen molar-refractivity contribution < 1.29 is 19.8 Å². The van der Waals surface area contributed by atoms with Crippen LogP contribution < -0.4 is 10.6 Å². The topological polar surface area (TPSA) is 102 Å². The zero-order valence-electron chi connectivity index (χ0n) is 10.6. The monoisotopic (exact) mass is 259 g/mol. The maximum absolute atomic E-state index is 11.3. The quantitative estimate of drug-likeness (QED) is 0.458. The van der Waals surface area contributed by atoms with Crippen molar-refractivity contribution in [3.05, 3.63) is 0 Å². The molecule has 0 aliphatic heterocycles. The molecule has 18 heavy (non-hydrogen) atoms. The summed E-state index contributed by atoms with van der Waals surface area (Å²) in [6.07, 6.45) is 1.04. The maximum atomic E-state index is 11.3. The van der Waals surface area contributed by atoms with E-state index in [4.69, 9.17) is 10.2 Å². The Morgan fingerprint density at radius 2 is 1.94 bits per heavy atom.